The lowest BCUT2D eigenvalue weighted by Crippen LogP contribution is -2.46. The van der Waals surface area contributed by atoms with Crippen LogP contribution in [0.1, 0.15) is 25.8 Å². The second kappa shape index (κ2) is 8.18. The Hall–Kier alpha value is -2.03. The molecule has 1 atom stereocenters. The Kier molecular flexibility index (Phi) is 6.82. The van der Waals surface area contributed by atoms with Crippen LogP contribution in [-0.2, 0) is 22.3 Å². The fourth-order valence-corrected chi connectivity index (χ4v) is 2.01. The molecule has 134 valence electrons. The zero-order valence-corrected chi connectivity index (χ0v) is 13.8. The number of halogens is 4. The Morgan fingerprint density at radius 3 is 2.54 bits per heavy atom. The number of rotatable bonds is 6. The number of hydrogen-bond donors (Lipinski definition) is 2. The second-order valence-corrected chi connectivity index (χ2v) is 5.49. The van der Waals surface area contributed by atoms with Gasteiger partial charge in [-0.1, -0.05) is 18.5 Å². The third kappa shape index (κ3) is 5.55. The van der Waals surface area contributed by atoms with E-state index >= 15 is 0 Å². The first kappa shape index (κ1) is 20.0. The summed E-state index contributed by atoms with van der Waals surface area (Å²) < 4.78 is 38.7. The SMILES string of the molecule is CCCNC(=O)[C@@H](C)NC(=O)Cn1cc(C(F)(F)F)cc(Cl)c1=O. The quantitative estimate of drug-likeness (QED) is 0.800. The van der Waals surface area contributed by atoms with Crippen LogP contribution < -0.4 is 16.2 Å². The van der Waals surface area contributed by atoms with Gasteiger partial charge in [-0.3, -0.25) is 14.4 Å². The molecule has 10 heteroatoms. The van der Waals surface area contributed by atoms with Crippen LogP contribution in [0.15, 0.2) is 17.1 Å². The number of pyridine rings is 1. The van der Waals surface area contributed by atoms with E-state index < -0.39 is 46.7 Å². The van der Waals surface area contributed by atoms with Crippen molar-refractivity contribution < 1.29 is 22.8 Å². The predicted molar refractivity (Wildman–Crippen MR) is 81.6 cm³/mol. The fraction of sp³-hybridized carbons (Fsp3) is 0.500. The Morgan fingerprint density at radius 1 is 1.38 bits per heavy atom. The van der Waals surface area contributed by atoms with Gasteiger partial charge in [0.2, 0.25) is 11.8 Å². The molecule has 0 bridgehead atoms. The highest BCUT2D eigenvalue weighted by Crippen LogP contribution is 2.29. The lowest BCUT2D eigenvalue weighted by Gasteiger charge is -2.15. The molecule has 0 spiro atoms. The number of carbonyl (C=O) groups is 2. The maximum Gasteiger partial charge on any atom is 0.417 e. The van der Waals surface area contributed by atoms with Crippen LogP contribution in [0.3, 0.4) is 0 Å². The molecule has 1 rings (SSSR count). The Bertz CT molecular complexity index is 673. The molecular formula is C14H17ClF3N3O3. The molecule has 0 fully saturated rings. The van der Waals surface area contributed by atoms with Gasteiger partial charge in [0.25, 0.3) is 5.56 Å². The van der Waals surface area contributed by atoms with E-state index in [1.165, 1.54) is 6.92 Å². The topological polar surface area (TPSA) is 80.2 Å². The van der Waals surface area contributed by atoms with Gasteiger partial charge in [0, 0.05) is 12.7 Å². The summed E-state index contributed by atoms with van der Waals surface area (Å²) in [6.45, 7) is 3.02. The summed E-state index contributed by atoms with van der Waals surface area (Å²) in [7, 11) is 0. The molecule has 6 nitrogen and oxygen atoms in total. The van der Waals surface area contributed by atoms with Crippen LogP contribution in [0.5, 0.6) is 0 Å². The summed E-state index contributed by atoms with van der Waals surface area (Å²) in [6.07, 6.45) is -3.48. The van der Waals surface area contributed by atoms with Crippen LogP contribution in [0.4, 0.5) is 13.2 Å². The summed E-state index contributed by atoms with van der Waals surface area (Å²) in [6, 6.07) is -0.389. The highest BCUT2D eigenvalue weighted by molar-refractivity contribution is 6.30. The van der Waals surface area contributed by atoms with Crippen molar-refractivity contribution in [3.8, 4) is 0 Å². The van der Waals surface area contributed by atoms with Crippen LogP contribution in [0.25, 0.3) is 0 Å². The van der Waals surface area contributed by atoms with E-state index in [2.05, 4.69) is 10.6 Å². The van der Waals surface area contributed by atoms with Crippen LogP contribution in [0, 0.1) is 0 Å². The monoisotopic (exact) mass is 367 g/mol. The molecule has 0 saturated carbocycles. The Labute approximate surface area is 141 Å². The van der Waals surface area contributed by atoms with E-state index in [9.17, 15) is 27.6 Å². The largest absolute Gasteiger partial charge is 0.417 e. The lowest BCUT2D eigenvalue weighted by atomic mass is 10.2. The molecule has 1 aromatic rings. The van der Waals surface area contributed by atoms with E-state index in [0.29, 0.717) is 29.8 Å². The molecule has 0 unspecified atom stereocenters. The first-order valence-corrected chi connectivity index (χ1v) is 7.48. The van der Waals surface area contributed by atoms with Crippen molar-refractivity contribution in [2.45, 2.75) is 39.0 Å². The van der Waals surface area contributed by atoms with Crippen molar-refractivity contribution in [3.05, 3.63) is 33.2 Å². The minimum Gasteiger partial charge on any atom is -0.354 e. The highest BCUT2D eigenvalue weighted by atomic mass is 35.5. The molecule has 0 aliphatic carbocycles. The zero-order chi connectivity index (χ0) is 18.5. The number of amides is 2. The van der Waals surface area contributed by atoms with Crippen LogP contribution >= 0.6 is 11.6 Å². The van der Waals surface area contributed by atoms with Crippen LogP contribution in [0.2, 0.25) is 5.02 Å². The number of nitrogens with zero attached hydrogens (tertiary/aromatic N) is 1. The molecule has 1 aromatic heterocycles. The van der Waals surface area contributed by atoms with Crippen molar-refractivity contribution >= 4 is 23.4 Å². The molecule has 0 aliphatic rings. The van der Waals surface area contributed by atoms with Gasteiger partial charge < -0.3 is 15.2 Å². The van der Waals surface area contributed by atoms with E-state index in [1.54, 1.807) is 0 Å². The van der Waals surface area contributed by atoms with E-state index in [4.69, 9.17) is 11.6 Å². The third-order valence-corrected chi connectivity index (χ3v) is 3.27. The minimum atomic E-state index is -4.71. The molecule has 0 saturated heterocycles. The molecule has 2 N–H and O–H groups in total. The summed E-state index contributed by atoms with van der Waals surface area (Å²) in [5.41, 5.74) is -2.07. The average Bonchev–Trinajstić information content (AvgIpc) is 2.47. The Morgan fingerprint density at radius 2 is 2.00 bits per heavy atom. The Balaban J connectivity index is 2.85. The summed E-state index contributed by atoms with van der Waals surface area (Å²) in [4.78, 5) is 35.2. The molecule has 1 heterocycles. The van der Waals surface area contributed by atoms with Crippen molar-refractivity contribution in [2.75, 3.05) is 6.54 Å². The second-order valence-electron chi connectivity index (χ2n) is 5.09. The van der Waals surface area contributed by atoms with Gasteiger partial charge >= 0.3 is 6.18 Å². The molecule has 2 amide bonds. The fourth-order valence-electron chi connectivity index (χ4n) is 1.78. The minimum absolute atomic E-state index is 0.431. The zero-order valence-electron chi connectivity index (χ0n) is 13.0. The van der Waals surface area contributed by atoms with Gasteiger partial charge in [0.15, 0.2) is 0 Å². The van der Waals surface area contributed by atoms with Gasteiger partial charge in [-0.2, -0.15) is 13.2 Å². The molecular weight excluding hydrogens is 351 g/mol. The van der Waals surface area contributed by atoms with Crippen molar-refractivity contribution in [3.63, 3.8) is 0 Å². The predicted octanol–water partition coefficient (Wildman–Crippen LogP) is 1.55. The molecule has 0 aromatic carbocycles. The van der Waals surface area contributed by atoms with Crippen molar-refractivity contribution in [1.29, 1.82) is 0 Å². The number of nitrogens with one attached hydrogen (secondary N) is 2. The standard InChI is InChI=1S/C14H17ClF3N3O3/c1-3-4-19-12(23)8(2)20-11(22)7-21-6-9(14(16,17)18)5-10(15)13(21)24/h5-6,8H,3-4,7H2,1-2H3,(H,19,23)(H,20,22)/t8-/m1/s1. The maximum absolute atomic E-state index is 12.7. The van der Waals surface area contributed by atoms with Crippen LogP contribution in [-0.4, -0.2) is 29.0 Å². The van der Waals surface area contributed by atoms with E-state index in [1.807, 2.05) is 6.92 Å². The summed E-state index contributed by atoms with van der Waals surface area (Å²) >= 11 is 5.49. The number of alkyl halides is 3. The van der Waals surface area contributed by atoms with Gasteiger partial charge in [0.1, 0.15) is 17.6 Å². The third-order valence-electron chi connectivity index (χ3n) is 3.00. The molecule has 0 aliphatic heterocycles. The molecule has 24 heavy (non-hydrogen) atoms. The average molecular weight is 368 g/mol. The number of aromatic nitrogens is 1. The normalized spacial score (nSPS) is 12.6. The highest BCUT2D eigenvalue weighted by Gasteiger charge is 2.32. The van der Waals surface area contributed by atoms with Gasteiger partial charge in [-0.05, 0) is 19.4 Å². The van der Waals surface area contributed by atoms with E-state index in [0.717, 1.165) is 0 Å². The van der Waals surface area contributed by atoms with E-state index in [-0.39, 0.29) is 0 Å². The number of hydrogen-bond acceptors (Lipinski definition) is 3. The van der Waals surface area contributed by atoms with Crippen molar-refractivity contribution in [1.82, 2.24) is 15.2 Å². The lowest BCUT2D eigenvalue weighted by molar-refractivity contribution is -0.138. The molecule has 0 radical (unpaired) electrons. The number of carbonyl (C=O) groups excluding carboxylic acids is 2. The first-order valence-electron chi connectivity index (χ1n) is 7.10. The maximum atomic E-state index is 12.7. The smallest absolute Gasteiger partial charge is 0.354 e. The van der Waals surface area contributed by atoms with Crippen molar-refractivity contribution in [2.24, 2.45) is 0 Å². The summed E-state index contributed by atoms with van der Waals surface area (Å²) in [5.74, 6) is -1.22. The summed E-state index contributed by atoms with van der Waals surface area (Å²) in [5, 5.41) is 4.22. The van der Waals surface area contributed by atoms with Gasteiger partial charge in [0.05, 0.1) is 5.56 Å². The first-order chi connectivity index (χ1) is 11.1. The van der Waals surface area contributed by atoms with Gasteiger partial charge in [-0.25, -0.2) is 0 Å². The van der Waals surface area contributed by atoms with Gasteiger partial charge in [-0.15, -0.1) is 0 Å².